The molecule has 0 atom stereocenters. The lowest BCUT2D eigenvalue weighted by Crippen LogP contribution is -2.43. The van der Waals surface area contributed by atoms with Crippen LogP contribution in [0, 0.1) is 5.41 Å². The zero-order valence-electron chi connectivity index (χ0n) is 10.7. The standard InChI is InChI=1S/C12H20N4OS/c1-2-9-15-16-11(18-9)14-10(17)12(8-13)6-4-3-5-7-12/h2-8,13H2,1H3,(H,14,16,17). The molecular weight excluding hydrogens is 248 g/mol. The van der Waals surface area contributed by atoms with E-state index in [1.54, 1.807) is 0 Å². The van der Waals surface area contributed by atoms with Crippen LogP contribution < -0.4 is 11.1 Å². The first kappa shape index (κ1) is 13.4. The number of carbonyl (C=O) groups is 1. The van der Waals surface area contributed by atoms with E-state index in [0.29, 0.717) is 11.7 Å². The SMILES string of the molecule is CCc1nnc(NC(=O)C2(CN)CCCCC2)s1. The molecule has 2 rings (SSSR count). The van der Waals surface area contributed by atoms with Crippen LogP contribution in [0.15, 0.2) is 0 Å². The minimum Gasteiger partial charge on any atom is -0.329 e. The molecule has 1 fully saturated rings. The first-order valence-corrected chi connectivity index (χ1v) is 7.36. The van der Waals surface area contributed by atoms with Gasteiger partial charge in [0.15, 0.2) is 0 Å². The Morgan fingerprint density at radius 2 is 2.11 bits per heavy atom. The average Bonchev–Trinajstić information content (AvgIpc) is 2.87. The summed E-state index contributed by atoms with van der Waals surface area (Å²) in [5.41, 5.74) is 5.44. The zero-order chi connectivity index (χ0) is 13.0. The van der Waals surface area contributed by atoms with Gasteiger partial charge in [0.1, 0.15) is 5.01 Å². The van der Waals surface area contributed by atoms with E-state index in [-0.39, 0.29) is 5.91 Å². The van der Waals surface area contributed by atoms with Crippen molar-refractivity contribution in [2.45, 2.75) is 45.4 Å². The first-order chi connectivity index (χ1) is 8.70. The summed E-state index contributed by atoms with van der Waals surface area (Å²) in [6, 6.07) is 0. The van der Waals surface area contributed by atoms with E-state index in [2.05, 4.69) is 15.5 Å². The second kappa shape index (κ2) is 5.75. The van der Waals surface area contributed by atoms with Gasteiger partial charge in [-0.25, -0.2) is 0 Å². The van der Waals surface area contributed by atoms with Crippen molar-refractivity contribution in [3.8, 4) is 0 Å². The van der Waals surface area contributed by atoms with E-state index in [1.165, 1.54) is 17.8 Å². The van der Waals surface area contributed by atoms with Gasteiger partial charge in [-0.2, -0.15) is 0 Å². The van der Waals surface area contributed by atoms with Crippen molar-refractivity contribution >= 4 is 22.4 Å². The minimum atomic E-state index is -0.393. The fourth-order valence-electron chi connectivity index (χ4n) is 2.43. The number of nitrogens with zero attached hydrogens (tertiary/aromatic N) is 2. The molecule has 6 heteroatoms. The van der Waals surface area contributed by atoms with Crippen LogP contribution in [0.4, 0.5) is 5.13 Å². The molecule has 0 saturated heterocycles. The monoisotopic (exact) mass is 268 g/mol. The Kier molecular flexibility index (Phi) is 4.29. The molecule has 1 heterocycles. The Balaban J connectivity index is 2.05. The molecule has 0 aromatic carbocycles. The second-order valence-electron chi connectivity index (χ2n) is 4.85. The van der Waals surface area contributed by atoms with Gasteiger partial charge in [-0.3, -0.25) is 10.1 Å². The van der Waals surface area contributed by atoms with E-state index >= 15 is 0 Å². The summed E-state index contributed by atoms with van der Waals surface area (Å²) in [7, 11) is 0. The lowest BCUT2D eigenvalue weighted by molar-refractivity contribution is -0.126. The summed E-state index contributed by atoms with van der Waals surface area (Å²) < 4.78 is 0. The maximum absolute atomic E-state index is 12.4. The summed E-state index contributed by atoms with van der Waals surface area (Å²) in [6.07, 6.45) is 5.98. The number of anilines is 1. The van der Waals surface area contributed by atoms with E-state index in [1.807, 2.05) is 6.92 Å². The van der Waals surface area contributed by atoms with Gasteiger partial charge in [-0.05, 0) is 19.3 Å². The predicted octanol–water partition coefficient (Wildman–Crippen LogP) is 1.95. The van der Waals surface area contributed by atoms with Crippen LogP contribution >= 0.6 is 11.3 Å². The third-order valence-corrected chi connectivity index (χ3v) is 4.66. The van der Waals surface area contributed by atoms with Gasteiger partial charge < -0.3 is 5.73 Å². The maximum Gasteiger partial charge on any atom is 0.233 e. The molecule has 1 amide bonds. The van der Waals surface area contributed by atoms with E-state index in [4.69, 9.17) is 5.73 Å². The number of carbonyl (C=O) groups excluding carboxylic acids is 1. The lowest BCUT2D eigenvalue weighted by Gasteiger charge is -2.34. The molecule has 0 unspecified atom stereocenters. The van der Waals surface area contributed by atoms with Gasteiger partial charge in [0, 0.05) is 6.54 Å². The van der Waals surface area contributed by atoms with Crippen LogP contribution in [0.1, 0.15) is 44.0 Å². The van der Waals surface area contributed by atoms with Crippen LogP contribution in [-0.4, -0.2) is 22.6 Å². The Morgan fingerprint density at radius 3 is 2.67 bits per heavy atom. The molecule has 3 N–H and O–H groups in total. The third-order valence-electron chi connectivity index (χ3n) is 3.67. The molecule has 0 aliphatic heterocycles. The molecular formula is C12H20N4OS. The Bertz CT molecular complexity index is 412. The smallest absolute Gasteiger partial charge is 0.233 e. The largest absolute Gasteiger partial charge is 0.329 e. The van der Waals surface area contributed by atoms with Crippen molar-refractivity contribution < 1.29 is 4.79 Å². The Hall–Kier alpha value is -1.01. The summed E-state index contributed by atoms with van der Waals surface area (Å²) in [5.74, 6) is 0.0171. The number of nitrogens with one attached hydrogen (secondary N) is 1. The highest BCUT2D eigenvalue weighted by molar-refractivity contribution is 7.15. The Labute approximate surface area is 111 Å². The fourth-order valence-corrected chi connectivity index (χ4v) is 3.10. The van der Waals surface area contributed by atoms with Gasteiger partial charge in [-0.15, -0.1) is 10.2 Å². The highest BCUT2D eigenvalue weighted by atomic mass is 32.1. The van der Waals surface area contributed by atoms with Crippen LogP contribution in [0.3, 0.4) is 0 Å². The van der Waals surface area contributed by atoms with Crippen molar-refractivity contribution in [3.63, 3.8) is 0 Å². The highest BCUT2D eigenvalue weighted by Gasteiger charge is 2.38. The summed E-state index contributed by atoms with van der Waals surface area (Å²) >= 11 is 1.44. The number of nitrogens with two attached hydrogens (primary N) is 1. The summed E-state index contributed by atoms with van der Waals surface area (Å²) in [5, 5.41) is 12.4. The second-order valence-corrected chi connectivity index (χ2v) is 5.92. The molecule has 18 heavy (non-hydrogen) atoms. The molecule has 1 saturated carbocycles. The van der Waals surface area contributed by atoms with Crippen LogP contribution in [0.25, 0.3) is 0 Å². The van der Waals surface area contributed by atoms with Crippen molar-refractivity contribution in [3.05, 3.63) is 5.01 Å². The lowest BCUT2D eigenvalue weighted by atomic mass is 9.73. The number of hydrogen-bond acceptors (Lipinski definition) is 5. The molecule has 0 bridgehead atoms. The van der Waals surface area contributed by atoms with Gasteiger partial charge in [0.25, 0.3) is 0 Å². The summed E-state index contributed by atoms with van der Waals surface area (Å²) in [6.45, 7) is 2.44. The molecule has 1 aromatic heterocycles. The maximum atomic E-state index is 12.4. The number of rotatable bonds is 4. The van der Waals surface area contributed by atoms with Crippen LogP contribution in [0.2, 0.25) is 0 Å². The predicted molar refractivity (Wildman–Crippen MR) is 72.5 cm³/mol. The fraction of sp³-hybridized carbons (Fsp3) is 0.750. The average molecular weight is 268 g/mol. The quantitative estimate of drug-likeness (QED) is 0.874. The molecule has 1 aromatic rings. The molecule has 0 spiro atoms. The minimum absolute atomic E-state index is 0.0171. The Morgan fingerprint density at radius 1 is 1.39 bits per heavy atom. The summed E-state index contributed by atoms with van der Waals surface area (Å²) in [4.78, 5) is 12.4. The number of aromatic nitrogens is 2. The highest BCUT2D eigenvalue weighted by Crippen LogP contribution is 2.36. The normalized spacial score (nSPS) is 18.6. The zero-order valence-corrected chi connectivity index (χ0v) is 11.6. The molecule has 100 valence electrons. The van der Waals surface area contributed by atoms with Crippen molar-refractivity contribution in [1.82, 2.24) is 10.2 Å². The number of aryl methyl sites for hydroxylation is 1. The number of hydrogen-bond donors (Lipinski definition) is 2. The van der Waals surface area contributed by atoms with Crippen molar-refractivity contribution in [2.75, 3.05) is 11.9 Å². The van der Waals surface area contributed by atoms with Crippen molar-refractivity contribution in [2.24, 2.45) is 11.1 Å². The molecule has 0 radical (unpaired) electrons. The molecule has 5 nitrogen and oxygen atoms in total. The van der Waals surface area contributed by atoms with Gasteiger partial charge in [0.05, 0.1) is 5.41 Å². The van der Waals surface area contributed by atoms with E-state index in [0.717, 1.165) is 37.1 Å². The van der Waals surface area contributed by atoms with E-state index < -0.39 is 5.41 Å². The molecule has 1 aliphatic rings. The van der Waals surface area contributed by atoms with Crippen LogP contribution in [0.5, 0.6) is 0 Å². The van der Waals surface area contributed by atoms with Gasteiger partial charge in [0.2, 0.25) is 11.0 Å². The number of amides is 1. The van der Waals surface area contributed by atoms with Gasteiger partial charge in [-0.1, -0.05) is 37.5 Å². The molecule has 1 aliphatic carbocycles. The third kappa shape index (κ3) is 2.70. The van der Waals surface area contributed by atoms with Crippen molar-refractivity contribution in [1.29, 1.82) is 0 Å². The van der Waals surface area contributed by atoms with Crippen LogP contribution in [-0.2, 0) is 11.2 Å². The van der Waals surface area contributed by atoms with E-state index in [9.17, 15) is 4.79 Å². The van der Waals surface area contributed by atoms with Gasteiger partial charge >= 0.3 is 0 Å². The first-order valence-electron chi connectivity index (χ1n) is 6.54. The topological polar surface area (TPSA) is 80.9 Å².